The number of rotatable bonds is 7. The molecule has 0 spiro atoms. The Hall–Kier alpha value is -3.64. The molecular weight excluding hydrogens is 424 g/mol. The van der Waals surface area contributed by atoms with Gasteiger partial charge in [-0.25, -0.2) is 0 Å². The Morgan fingerprint density at radius 2 is 1.35 bits per heavy atom. The van der Waals surface area contributed by atoms with Crippen LogP contribution in [-0.4, -0.2) is 42.9 Å². The minimum atomic E-state index is -0.164. The molecule has 1 heterocycles. The van der Waals surface area contributed by atoms with Crippen LogP contribution in [0.25, 0.3) is 0 Å². The van der Waals surface area contributed by atoms with Crippen LogP contribution in [0.15, 0.2) is 78.9 Å². The highest BCUT2D eigenvalue weighted by Crippen LogP contribution is 2.30. The van der Waals surface area contributed by atoms with Gasteiger partial charge in [-0.05, 0) is 66.9 Å². The van der Waals surface area contributed by atoms with Gasteiger partial charge in [-0.3, -0.25) is 14.5 Å². The minimum Gasteiger partial charge on any atom is -0.369 e. The number of carbonyl (C=O) groups excluding carboxylic acids is 2. The number of hydrogen-bond donors (Lipinski definition) is 2. The molecule has 6 nitrogen and oxygen atoms in total. The summed E-state index contributed by atoms with van der Waals surface area (Å²) >= 11 is 0. The molecule has 2 N–H and O–H groups in total. The largest absolute Gasteiger partial charge is 0.369 e. The lowest BCUT2D eigenvalue weighted by atomic mass is 10.1. The highest BCUT2D eigenvalue weighted by atomic mass is 16.2. The summed E-state index contributed by atoms with van der Waals surface area (Å²) in [5.74, 6) is 0.0568. The molecule has 2 fully saturated rings. The molecule has 2 aliphatic rings. The van der Waals surface area contributed by atoms with E-state index in [-0.39, 0.29) is 17.7 Å². The number of hydrogen-bond acceptors (Lipinski definition) is 4. The van der Waals surface area contributed by atoms with Crippen LogP contribution < -0.4 is 15.5 Å². The molecule has 0 atom stereocenters. The van der Waals surface area contributed by atoms with Gasteiger partial charge in [-0.2, -0.15) is 0 Å². The fourth-order valence-electron chi connectivity index (χ4n) is 4.26. The lowest BCUT2D eigenvalue weighted by Crippen LogP contribution is -2.45. The fraction of sp³-hybridized carbons (Fsp3) is 0.286. The van der Waals surface area contributed by atoms with Crippen LogP contribution in [0.3, 0.4) is 0 Å². The van der Waals surface area contributed by atoms with E-state index < -0.39 is 0 Å². The zero-order valence-corrected chi connectivity index (χ0v) is 19.2. The molecule has 3 aromatic rings. The van der Waals surface area contributed by atoms with Gasteiger partial charge in [-0.1, -0.05) is 30.3 Å². The highest BCUT2D eigenvalue weighted by molar-refractivity contribution is 6.04. The molecular formula is C28H30N4O2. The van der Waals surface area contributed by atoms with Gasteiger partial charge >= 0.3 is 0 Å². The topological polar surface area (TPSA) is 64.7 Å². The van der Waals surface area contributed by atoms with Gasteiger partial charge in [0.15, 0.2) is 0 Å². The lowest BCUT2D eigenvalue weighted by Gasteiger charge is -2.36. The average Bonchev–Trinajstić information content (AvgIpc) is 3.72. The molecule has 0 bridgehead atoms. The maximum absolute atomic E-state index is 12.6. The number of amides is 2. The fourth-order valence-corrected chi connectivity index (χ4v) is 4.26. The van der Waals surface area contributed by atoms with Crippen LogP contribution >= 0.6 is 0 Å². The standard InChI is InChI=1S/C28H30N4O2/c33-27(22-6-7-22)29-24-10-8-23(9-11-24)28(34)30-25-12-14-26(15-13-25)32-18-16-31(17-19-32)20-21-4-2-1-3-5-21/h1-5,8-15,22H,6-7,16-20H2,(H,29,33)(H,30,34). The van der Waals surface area contributed by atoms with Crippen LogP contribution in [0.5, 0.6) is 0 Å². The first-order valence-electron chi connectivity index (χ1n) is 12.0. The smallest absolute Gasteiger partial charge is 0.255 e. The van der Waals surface area contributed by atoms with E-state index in [2.05, 4.69) is 62.9 Å². The van der Waals surface area contributed by atoms with E-state index in [0.717, 1.165) is 56.9 Å². The van der Waals surface area contributed by atoms with Crippen molar-refractivity contribution >= 4 is 28.9 Å². The molecule has 1 saturated heterocycles. The van der Waals surface area contributed by atoms with Crippen molar-refractivity contribution in [1.29, 1.82) is 0 Å². The summed E-state index contributed by atoms with van der Waals surface area (Å²) in [5.41, 5.74) is 4.58. The van der Waals surface area contributed by atoms with E-state index in [9.17, 15) is 9.59 Å². The number of nitrogens with one attached hydrogen (secondary N) is 2. The van der Waals surface area contributed by atoms with Gasteiger partial charge in [0.05, 0.1) is 0 Å². The SMILES string of the molecule is O=C(Nc1ccc(N2CCN(Cc3ccccc3)CC2)cc1)c1ccc(NC(=O)C2CC2)cc1. The predicted octanol–water partition coefficient (Wildman–Crippen LogP) is 4.61. The number of anilines is 3. The zero-order valence-electron chi connectivity index (χ0n) is 19.2. The van der Waals surface area contributed by atoms with Crippen LogP contribution in [0.1, 0.15) is 28.8 Å². The molecule has 2 amide bonds. The Morgan fingerprint density at radius 1 is 0.735 bits per heavy atom. The first-order chi connectivity index (χ1) is 16.6. The number of piperazine rings is 1. The normalized spacial score (nSPS) is 16.2. The van der Waals surface area contributed by atoms with Crippen LogP contribution in [0.2, 0.25) is 0 Å². The Bertz CT molecular complexity index is 1120. The first kappa shape index (κ1) is 22.2. The van der Waals surface area contributed by atoms with E-state index in [1.54, 1.807) is 24.3 Å². The molecule has 0 unspecified atom stereocenters. The summed E-state index contributed by atoms with van der Waals surface area (Å²) in [4.78, 5) is 29.4. The van der Waals surface area contributed by atoms with Gasteiger partial charge in [0.1, 0.15) is 0 Å². The average molecular weight is 455 g/mol. The molecule has 1 aliphatic carbocycles. The number of nitrogens with zero attached hydrogens (tertiary/aromatic N) is 2. The third kappa shape index (κ3) is 5.64. The third-order valence-electron chi connectivity index (χ3n) is 6.47. The van der Waals surface area contributed by atoms with Gasteiger partial charge in [0, 0.05) is 61.3 Å². The molecule has 5 rings (SSSR count). The van der Waals surface area contributed by atoms with Crippen LogP contribution in [0, 0.1) is 5.92 Å². The van der Waals surface area contributed by atoms with E-state index in [1.165, 1.54) is 11.3 Å². The van der Waals surface area contributed by atoms with Gasteiger partial charge in [-0.15, -0.1) is 0 Å². The minimum absolute atomic E-state index is 0.0647. The maximum Gasteiger partial charge on any atom is 0.255 e. The second-order valence-corrected chi connectivity index (χ2v) is 9.09. The van der Waals surface area contributed by atoms with Crippen molar-refractivity contribution in [2.24, 2.45) is 5.92 Å². The van der Waals surface area contributed by atoms with Gasteiger partial charge in [0.25, 0.3) is 5.91 Å². The van der Waals surface area contributed by atoms with Gasteiger partial charge in [0.2, 0.25) is 5.91 Å². The Balaban J connectivity index is 1.11. The molecule has 34 heavy (non-hydrogen) atoms. The maximum atomic E-state index is 12.6. The van der Waals surface area contributed by atoms with Crippen molar-refractivity contribution in [2.45, 2.75) is 19.4 Å². The second kappa shape index (κ2) is 10.1. The van der Waals surface area contributed by atoms with E-state index in [0.29, 0.717) is 5.56 Å². The summed E-state index contributed by atoms with van der Waals surface area (Å²) in [6.07, 6.45) is 1.94. The molecule has 3 aromatic carbocycles. The molecule has 6 heteroatoms. The van der Waals surface area contributed by atoms with Gasteiger partial charge < -0.3 is 15.5 Å². The van der Waals surface area contributed by atoms with E-state index in [1.807, 2.05) is 12.1 Å². The molecule has 174 valence electrons. The summed E-state index contributed by atoms with van der Waals surface area (Å²) in [6, 6.07) is 25.7. The van der Waals surface area contributed by atoms with Crippen LogP contribution in [-0.2, 0) is 11.3 Å². The Labute approximate surface area is 200 Å². The number of benzene rings is 3. The summed E-state index contributed by atoms with van der Waals surface area (Å²) in [5, 5.41) is 5.85. The molecule has 0 aromatic heterocycles. The highest BCUT2D eigenvalue weighted by Gasteiger charge is 2.29. The molecule has 0 radical (unpaired) electrons. The Kier molecular flexibility index (Phi) is 6.58. The summed E-state index contributed by atoms with van der Waals surface area (Å²) < 4.78 is 0. The van der Waals surface area contributed by atoms with Crippen molar-refractivity contribution in [1.82, 2.24) is 4.90 Å². The third-order valence-corrected chi connectivity index (χ3v) is 6.47. The van der Waals surface area contributed by atoms with Crippen molar-refractivity contribution in [3.8, 4) is 0 Å². The summed E-state index contributed by atoms with van der Waals surface area (Å²) in [6.45, 7) is 5.03. The van der Waals surface area contributed by atoms with Crippen molar-refractivity contribution in [3.63, 3.8) is 0 Å². The zero-order chi connectivity index (χ0) is 23.3. The Morgan fingerprint density at radius 3 is 2.00 bits per heavy atom. The summed E-state index contributed by atoms with van der Waals surface area (Å²) in [7, 11) is 0. The predicted molar refractivity (Wildman–Crippen MR) is 136 cm³/mol. The van der Waals surface area contributed by atoms with Crippen molar-refractivity contribution in [2.75, 3.05) is 41.7 Å². The quantitative estimate of drug-likeness (QED) is 0.547. The van der Waals surface area contributed by atoms with E-state index >= 15 is 0 Å². The van der Waals surface area contributed by atoms with Crippen molar-refractivity contribution in [3.05, 3.63) is 90.0 Å². The van der Waals surface area contributed by atoms with E-state index in [4.69, 9.17) is 0 Å². The van der Waals surface area contributed by atoms with Crippen molar-refractivity contribution < 1.29 is 9.59 Å². The number of carbonyl (C=O) groups is 2. The monoisotopic (exact) mass is 454 g/mol. The molecule has 1 aliphatic heterocycles. The van der Waals surface area contributed by atoms with Crippen LogP contribution in [0.4, 0.5) is 17.1 Å². The molecule has 1 saturated carbocycles. The first-order valence-corrected chi connectivity index (χ1v) is 12.0. The second-order valence-electron chi connectivity index (χ2n) is 9.09. The lowest BCUT2D eigenvalue weighted by molar-refractivity contribution is -0.117.